The second-order valence-corrected chi connectivity index (χ2v) is 15.2. The maximum atomic E-state index is 14.2. The van der Waals surface area contributed by atoms with Gasteiger partial charge in [-0.1, -0.05) is 71.0 Å². The Bertz CT molecular complexity index is 1520. The van der Waals surface area contributed by atoms with Crippen LogP contribution in [0, 0.1) is 5.41 Å². The average molecular weight is 711 g/mol. The molecule has 0 radical (unpaired) electrons. The molecule has 2 atom stereocenters. The van der Waals surface area contributed by atoms with E-state index in [2.05, 4.69) is 16.0 Å². The Hall–Kier alpha value is -5.01. The average Bonchev–Trinajstić information content (AvgIpc) is 3.35. The molecule has 0 bridgehead atoms. The van der Waals surface area contributed by atoms with E-state index in [9.17, 15) is 33.6 Å². The highest BCUT2D eigenvalue weighted by molar-refractivity contribution is 6.12. The number of likely N-dealkylation sites (N-methyl/N-ethyl adjacent to an activating group) is 2. The van der Waals surface area contributed by atoms with Gasteiger partial charge in [0.05, 0.1) is 6.54 Å². The van der Waals surface area contributed by atoms with Gasteiger partial charge >= 0.3 is 6.09 Å². The number of hydrogen-bond donors (Lipinski definition) is 3. The topological polar surface area (TPSA) is 175 Å². The summed E-state index contributed by atoms with van der Waals surface area (Å²) in [6.45, 7) is 15.6. The minimum absolute atomic E-state index is 0.00550. The minimum atomic E-state index is -1.07. The Kier molecular flexibility index (Phi) is 14.3. The van der Waals surface area contributed by atoms with Crippen LogP contribution in [0.5, 0.6) is 0 Å². The Morgan fingerprint density at radius 3 is 1.98 bits per heavy atom. The summed E-state index contributed by atoms with van der Waals surface area (Å²) >= 11 is 0. The fourth-order valence-corrected chi connectivity index (χ4v) is 5.32. The molecule has 0 saturated carbocycles. The molecule has 0 saturated heterocycles. The summed E-state index contributed by atoms with van der Waals surface area (Å²) < 4.78 is 5.61. The van der Waals surface area contributed by atoms with Crippen LogP contribution in [-0.2, 0) is 38.9 Å². The Morgan fingerprint density at radius 1 is 0.882 bits per heavy atom. The molecule has 1 aromatic carbocycles. The van der Waals surface area contributed by atoms with Crippen molar-refractivity contribution in [2.24, 2.45) is 5.41 Å². The number of carbonyl (C=O) groups excluding carboxylic acids is 7. The molecule has 51 heavy (non-hydrogen) atoms. The van der Waals surface area contributed by atoms with Crippen molar-refractivity contribution in [1.82, 2.24) is 30.7 Å². The quantitative estimate of drug-likeness (QED) is 0.195. The first-order valence-corrected chi connectivity index (χ1v) is 16.8. The van der Waals surface area contributed by atoms with Crippen LogP contribution in [0.15, 0.2) is 54.1 Å². The van der Waals surface area contributed by atoms with Crippen molar-refractivity contribution >= 4 is 41.5 Å². The van der Waals surface area contributed by atoms with Gasteiger partial charge in [0, 0.05) is 56.9 Å². The number of rotatable bonds is 14. The third-order valence-electron chi connectivity index (χ3n) is 8.29. The predicted molar refractivity (Wildman–Crippen MR) is 192 cm³/mol. The smallest absolute Gasteiger partial charge is 0.410 e. The molecule has 1 heterocycles. The zero-order valence-electron chi connectivity index (χ0n) is 31.7. The Labute approximate surface area is 301 Å². The summed E-state index contributed by atoms with van der Waals surface area (Å²) in [5.41, 5.74) is -1.40. The molecule has 0 aliphatic carbocycles. The molecule has 2 rings (SSSR count). The van der Waals surface area contributed by atoms with E-state index in [4.69, 9.17) is 4.74 Å². The standard InChI is InChI=1S/C37H54N6O8/c1-24(31(47)39-23-26(44)38-20-22-43-27(45)17-18-28(43)46)19-21-41(10)33(49)29(35(2,3)4)40-32(48)30(42(11)34(50)51-36(5,6)7)37(8,9)25-15-13-12-14-16-25/h12-19,29-30H,20-23H2,1-11H3,(H,38,44)(H,39,47)(H,40,48)/b24-19+/t29?,30-/m1/s1. The van der Waals surface area contributed by atoms with Crippen LogP contribution in [0.4, 0.5) is 4.79 Å². The summed E-state index contributed by atoms with van der Waals surface area (Å²) in [6, 6.07) is 7.23. The normalized spacial score (nSPS) is 14.8. The second kappa shape index (κ2) is 17.3. The lowest BCUT2D eigenvalue weighted by atomic mass is 9.76. The van der Waals surface area contributed by atoms with E-state index < -0.39 is 70.1 Å². The van der Waals surface area contributed by atoms with Gasteiger partial charge in [0.2, 0.25) is 23.6 Å². The molecular formula is C37H54N6O8. The van der Waals surface area contributed by atoms with Crippen molar-refractivity contribution in [3.05, 3.63) is 59.7 Å². The number of amides is 7. The first kappa shape index (κ1) is 42.2. The molecule has 1 aromatic rings. The van der Waals surface area contributed by atoms with Crippen molar-refractivity contribution in [2.75, 3.05) is 40.3 Å². The number of hydrogen-bond acceptors (Lipinski definition) is 8. The second-order valence-electron chi connectivity index (χ2n) is 15.2. The van der Waals surface area contributed by atoms with Crippen LogP contribution in [0.1, 0.15) is 67.9 Å². The highest BCUT2D eigenvalue weighted by Crippen LogP contribution is 2.32. The monoisotopic (exact) mass is 710 g/mol. The van der Waals surface area contributed by atoms with Crippen LogP contribution in [0.25, 0.3) is 0 Å². The zero-order valence-corrected chi connectivity index (χ0v) is 31.7. The third-order valence-corrected chi connectivity index (χ3v) is 8.29. The molecule has 14 heteroatoms. The Morgan fingerprint density at radius 2 is 1.45 bits per heavy atom. The van der Waals surface area contributed by atoms with Gasteiger partial charge in [0.15, 0.2) is 0 Å². The van der Waals surface area contributed by atoms with E-state index in [0.29, 0.717) is 0 Å². The molecule has 14 nitrogen and oxygen atoms in total. The molecule has 1 unspecified atom stereocenters. The van der Waals surface area contributed by atoms with Gasteiger partial charge < -0.3 is 25.6 Å². The van der Waals surface area contributed by atoms with E-state index in [1.165, 1.54) is 29.8 Å². The van der Waals surface area contributed by atoms with Crippen molar-refractivity contribution in [2.45, 2.75) is 85.4 Å². The fourth-order valence-electron chi connectivity index (χ4n) is 5.32. The van der Waals surface area contributed by atoms with E-state index in [1.54, 1.807) is 27.8 Å². The van der Waals surface area contributed by atoms with Gasteiger partial charge in [-0.15, -0.1) is 0 Å². The molecule has 3 N–H and O–H groups in total. The third kappa shape index (κ3) is 12.1. The van der Waals surface area contributed by atoms with Gasteiger partial charge in [-0.25, -0.2) is 4.79 Å². The molecule has 0 spiro atoms. The first-order chi connectivity index (χ1) is 23.5. The molecule has 1 aliphatic heterocycles. The van der Waals surface area contributed by atoms with Crippen molar-refractivity contribution in [1.29, 1.82) is 0 Å². The van der Waals surface area contributed by atoms with Crippen LogP contribution in [-0.4, -0.2) is 114 Å². The van der Waals surface area contributed by atoms with Gasteiger partial charge in [0.1, 0.15) is 17.7 Å². The van der Waals surface area contributed by atoms with Crippen molar-refractivity contribution in [3.63, 3.8) is 0 Å². The summed E-state index contributed by atoms with van der Waals surface area (Å²) in [5.74, 6) is -2.91. The number of ether oxygens (including phenoxy) is 1. The lowest BCUT2D eigenvalue weighted by Crippen LogP contribution is -2.62. The Balaban J connectivity index is 2.13. The molecule has 0 aromatic heterocycles. The van der Waals surface area contributed by atoms with E-state index in [0.717, 1.165) is 22.6 Å². The molecule has 1 aliphatic rings. The lowest BCUT2D eigenvalue weighted by Gasteiger charge is -2.42. The summed E-state index contributed by atoms with van der Waals surface area (Å²) in [5, 5.41) is 7.96. The number of nitrogens with one attached hydrogen (secondary N) is 3. The van der Waals surface area contributed by atoms with Crippen molar-refractivity contribution in [3.8, 4) is 0 Å². The van der Waals surface area contributed by atoms with Gasteiger partial charge in [-0.2, -0.15) is 0 Å². The van der Waals surface area contributed by atoms with Crippen LogP contribution in [0.3, 0.4) is 0 Å². The summed E-state index contributed by atoms with van der Waals surface area (Å²) in [6.07, 6.45) is 3.15. The van der Waals surface area contributed by atoms with E-state index in [1.807, 2.05) is 65.0 Å². The molecule has 280 valence electrons. The largest absolute Gasteiger partial charge is 0.444 e. The van der Waals surface area contributed by atoms with E-state index >= 15 is 0 Å². The zero-order chi connectivity index (χ0) is 38.9. The number of nitrogens with zero attached hydrogens (tertiary/aromatic N) is 3. The lowest BCUT2D eigenvalue weighted by molar-refractivity contribution is -0.140. The highest BCUT2D eigenvalue weighted by Gasteiger charge is 2.45. The van der Waals surface area contributed by atoms with Crippen LogP contribution in [0.2, 0.25) is 0 Å². The first-order valence-electron chi connectivity index (χ1n) is 16.8. The number of benzene rings is 1. The van der Waals surface area contributed by atoms with Crippen LogP contribution < -0.4 is 16.0 Å². The molecule has 0 fully saturated rings. The van der Waals surface area contributed by atoms with Gasteiger partial charge in [0.25, 0.3) is 11.8 Å². The minimum Gasteiger partial charge on any atom is -0.444 e. The van der Waals surface area contributed by atoms with E-state index in [-0.39, 0.29) is 31.8 Å². The van der Waals surface area contributed by atoms with Gasteiger partial charge in [-0.05, 0) is 38.7 Å². The maximum Gasteiger partial charge on any atom is 0.410 e. The fraction of sp³-hybridized carbons (Fsp3) is 0.541. The molecular weight excluding hydrogens is 656 g/mol. The number of carbonyl (C=O) groups is 7. The molecule has 7 amide bonds. The van der Waals surface area contributed by atoms with Crippen LogP contribution >= 0.6 is 0 Å². The maximum absolute atomic E-state index is 14.2. The summed E-state index contributed by atoms with van der Waals surface area (Å²) in [7, 11) is 3.05. The predicted octanol–water partition coefficient (Wildman–Crippen LogP) is 2.29. The van der Waals surface area contributed by atoms with Crippen molar-refractivity contribution < 1.29 is 38.3 Å². The summed E-state index contributed by atoms with van der Waals surface area (Å²) in [4.78, 5) is 93.1. The number of imide groups is 1. The SMILES string of the molecule is C/C(=C\CN(C)C(=O)C(NC(=O)[C@@H](N(C)C(=O)OC(C)(C)C)C(C)(C)c1ccccc1)C(C)(C)C)C(=O)NCC(=O)NCCN1C(=O)C=CC1=O. The van der Waals surface area contributed by atoms with Gasteiger partial charge in [-0.3, -0.25) is 38.6 Å². The highest BCUT2D eigenvalue weighted by atomic mass is 16.6.